The van der Waals surface area contributed by atoms with Gasteiger partial charge in [0.2, 0.25) is 0 Å². The second kappa shape index (κ2) is 10.1. The molecule has 0 amide bonds. The maximum atomic E-state index is 6.16. The predicted octanol–water partition coefficient (Wildman–Crippen LogP) is 4.83. The summed E-state index contributed by atoms with van der Waals surface area (Å²) >= 11 is 12.3. The molecule has 1 rings (SSSR count). The minimum atomic E-state index is 0.289. The Hall–Kier alpha value is -0.710. The minimum absolute atomic E-state index is 0.289. The number of hydrogen-bond donors (Lipinski definition) is 2. The van der Waals surface area contributed by atoms with Crippen LogP contribution in [0, 0.1) is 0 Å². The van der Waals surface area contributed by atoms with Crippen molar-refractivity contribution in [3.8, 4) is 0 Å². The van der Waals surface area contributed by atoms with E-state index in [0.717, 1.165) is 39.0 Å². The number of nitrogens with zero attached hydrogens (tertiary/aromatic N) is 1. The van der Waals surface area contributed by atoms with Crippen LogP contribution in [0.1, 0.15) is 40.0 Å². The molecule has 0 radical (unpaired) electrons. The van der Waals surface area contributed by atoms with Gasteiger partial charge in [-0.1, -0.05) is 30.1 Å². The highest BCUT2D eigenvalue weighted by atomic mass is 35.5. The van der Waals surface area contributed by atoms with Gasteiger partial charge in [-0.25, -0.2) is 4.98 Å². The van der Waals surface area contributed by atoms with Gasteiger partial charge in [0.25, 0.3) is 0 Å². The number of nitrogens with one attached hydrogen (secondary N) is 2. The van der Waals surface area contributed by atoms with Crippen LogP contribution in [-0.4, -0.2) is 30.8 Å². The summed E-state index contributed by atoms with van der Waals surface area (Å²) < 4.78 is 5.50. The zero-order valence-electron chi connectivity index (χ0n) is 13.0. The van der Waals surface area contributed by atoms with E-state index in [1.807, 2.05) is 13.8 Å². The van der Waals surface area contributed by atoms with Crippen LogP contribution >= 0.6 is 23.2 Å². The first-order valence-electron chi connectivity index (χ1n) is 7.50. The van der Waals surface area contributed by atoms with E-state index >= 15 is 0 Å². The largest absolute Gasteiger partial charge is 0.379 e. The lowest BCUT2D eigenvalue weighted by molar-refractivity contribution is 0.0765. The Morgan fingerprint density at radius 3 is 2.29 bits per heavy atom. The molecule has 1 heterocycles. The summed E-state index contributed by atoms with van der Waals surface area (Å²) in [7, 11) is 0. The summed E-state index contributed by atoms with van der Waals surface area (Å²) in [5, 5.41) is 7.53. The quantitative estimate of drug-likeness (QED) is 0.602. The monoisotopic (exact) mass is 333 g/mol. The summed E-state index contributed by atoms with van der Waals surface area (Å²) in [5.74, 6) is 1.35. The predicted molar refractivity (Wildman–Crippen MR) is 91.8 cm³/mol. The minimum Gasteiger partial charge on any atom is -0.379 e. The molecule has 0 fully saturated rings. The smallest absolute Gasteiger partial charge is 0.147 e. The second-order valence-electron chi connectivity index (χ2n) is 5.13. The van der Waals surface area contributed by atoms with Gasteiger partial charge in [0, 0.05) is 19.7 Å². The van der Waals surface area contributed by atoms with Gasteiger partial charge in [0.05, 0.1) is 16.1 Å². The van der Waals surface area contributed by atoms with Crippen molar-refractivity contribution < 1.29 is 4.74 Å². The number of hydrogen-bond acceptors (Lipinski definition) is 4. The van der Waals surface area contributed by atoms with Crippen LogP contribution in [0.2, 0.25) is 10.0 Å². The van der Waals surface area contributed by atoms with Crippen molar-refractivity contribution in [2.45, 2.75) is 46.1 Å². The number of aromatic nitrogens is 1. The van der Waals surface area contributed by atoms with Gasteiger partial charge in [0.1, 0.15) is 11.6 Å². The molecule has 1 aromatic rings. The van der Waals surface area contributed by atoms with Crippen molar-refractivity contribution in [3.63, 3.8) is 0 Å². The Balaban J connectivity index is 2.43. The van der Waals surface area contributed by atoms with Crippen LogP contribution < -0.4 is 10.6 Å². The Bertz CT molecular complexity index is 428. The van der Waals surface area contributed by atoms with E-state index in [4.69, 9.17) is 27.9 Å². The van der Waals surface area contributed by atoms with Crippen LogP contribution in [0.15, 0.2) is 6.07 Å². The van der Waals surface area contributed by atoms with E-state index in [0.29, 0.717) is 21.7 Å². The molecule has 0 saturated heterocycles. The average molecular weight is 334 g/mol. The molecular weight excluding hydrogens is 309 g/mol. The lowest BCUT2D eigenvalue weighted by Gasteiger charge is -2.12. The Kier molecular flexibility index (Phi) is 8.81. The molecule has 0 unspecified atom stereocenters. The number of halogens is 2. The molecule has 0 aliphatic heterocycles. The van der Waals surface area contributed by atoms with Crippen molar-refractivity contribution >= 4 is 34.8 Å². The van der Waals surface area contributed by atoms with Crippen molar-refractivity contribution in [3.05, 3.63) is 16.1 Å². The molecule has 4 nitrogen and oxygen atoms in total. The molecule has 0 aliphatic rings. The fourth-order valence-corrected chi connectivity index (χ4v) is 2.20. The molecular formula is C15H25Cl2N3O. The highest BCUT2D eigenvalue weighted by Gasteiger charge is 2.08. The van der Waals surface area contributed by atoms with Gasteiger partial charge in [0.15, 0.2) is 0 Å². The topological polar surface area (TPSA) is 46.2 Å². The van der Waals surface area contributed by atoms with E-state index in [2.05, 4.69) is 22.5 Å². The third kappa shape index (κ3) is 7.21. The van der Waals surface area contributed by atoms with Crippen molar-refractivity contribution in [2.75, 3.05) is 30.3 Å². The molecule has 0 bridgehead atoms. The normalized spacial score (nSPS) is 11.0. The zero-order chi connectivity index (χ0) is 15.7. The summed E-state index contributed by atoms with van der Waals surface area (Å²) in [4.78, 5) is 4.44. The highest BCUT2D eigenvalue weighted by molar-refractivity contribution is 6.37. The lowest BCUT2D eigenvalue weighted by Crippen LogP contribution is -2.09. The Morgan fingerprint density at radius 1 is 1.10 bits per heavy atom. The van der Waals surface area contributed by atoms with Crippen LogP contribution in [-0.2, 0) is 4.74 Å². The van der Waals surface area contributed by atoms with Crippen LogP contribution in [0.3, 0.4) is 0 Å². The zero-order valence-corrected chi connectivity index (χ0v) is 14.5. The van der Waals surface area contributed by atoms with E-state index in [1.54, 1.807) is 6.07 Å². The fourth-order valence-electron chi connectivity index (χ4n) is 1.71. The molecule has 0 atom stereocenters. The van der Waals surface area contributed by atoms with Gasteiger partial charge in [-0.2, -0.15) is 0 Å². The van der Waals surface area contributed by atoms with Crippen molar-refractivity contribution in [1.29, 1.82) is 0 Å². The Morgan fingerprint density at radius 2 is 1.71 bits per heavy atom. The molecule has 0 aliphatic carbocycles. The lowest BCUT2D eigenvalue weighted by atomic mass is 10.3. The molecule has 0 spiro atoms. The first kappa shape index (κ1) is 18.3. The number of pyridine rings is 1. The molecule has 2 N–H and O–H groups in total. The molecule has 0 saturated carbocycles. The molecule has 1 aromatic heterocycles. The van der Waals surface area contributed by atoms with E-state index < -0.39 is 0 Å². The van der Waals surface area contributed by atoms with E-state index in [9.17, 15) is 0 Å². The van der Waals surface area contributed by atoms with Gasteiger partial charge in [-0.05, 0) is 39.2 Å². The van der Waals surface area contributed by atoms with Crippen molar-refractivity contribution in [1.82, 2.24) is 4.98 Å². The first-order valence-corrected chi connectivity index (χ1v) is 8.25. The summed E-state index contributed by atoms with van der Waals surface area (Å²) in [5.41, 5.74) is 0. The summed E-state index contributed by atoms with van der Waals surface area (Å²) in [6, 6.07) is 1.72. The molecule has 0 aromatic carbocycles. The van der Waals surface area contributed by atoms with E-state index in [-0.39, 0.29) is 6.10 Å². The fraction of sp³-hybridized carbons (Fsp3) is 0.667. The van der Waals surface area contributed by atoms with Crippen LogP contribution in [0.5, 0.6) is 0 Å². The second-order valence-corrected chi connectivity index (χ2v) is 5.94. The Labute approximate surface area is 137 Å². The SMILES string of the molecule is CCCNc1nc(NCCCCOC(C)C)c(Cl)cc1Cl. The number of rotatable bonds is 10. The third-order valence-corrected chi connectivity index (χ3v) is 3.36. The van der Waals surface area contributed by atoms with Crippen LogP contribution in [0.25, 0.3) is 0 Å². The third-order valence-electron chi connectivity index (χ3n) is 2.79. The maximum Gasteiger partial charge on any atom is 0.147 e. The highest BCUT2D eigenvalue weighted by Crippen LogP contribution is 2.29. The van der Waals surface area contributed by atoms with Gasteiger partial charge in [-0.3, -0.25) is 0 Å². The van der Waals surface area contributed by atoms with Crippen LogP contribution in [0.4, 0.5) is 11.6 Å². The van der Waals surface area contributed by atoms with Crippen molar-refractivity contribution in [2.24, 2.45) is 0 Å². The maximum absolute atomic E-state index is 6.16. The standard InChI is InChI=1S/C15H25Cl2N3O/c1-4-7-18-14-12(16)10-13(17)15(20-14)19-8-5-6-9-21-11(2)3/h10-11H,4-9H2,1-3H3,(H2,18,19,20). The number of unbranched alkanes of at least 4 members (excludes halogenated alkanes) is 1. The molecule has 120 valence electrons. The number of anilines is 2. The molecule has 6 heteroatoms. The van der Waals surface area contributed by atoms with Gasteiger partial charge in [-0.15, -0.1) is 0 Å². The molecule has 21 heavy (non-hydrogen) atoms. The average Bonchev–Trinajstić information content (AvgIpc) is 2.43. The van der Waals surface area contributed by atoms with Gasteiger partial charge < -0.3 is 15.4 Å². The summed E-state index contributed by atoms with van der Waals surface area (Å²) in [6.45, 7) is 8.60. The first-order chi connectivity index (χ1) is 10.0. The number of ether oxygens (including phenoxy) is 1. The summed E-state index contributed by atoms with van der Waals surface area (Å²) in [6.07, 6.45) is 3.32. The van der Waals surface area contributed by atoms with E-state index in [1.165, 1.54) is 0 Å². The van der Waals surface area contributed by atoms with Gasteiger partial charge >= 0.3 is 0 Å².